The van der Waals surface area contributed by atoms with Gasteiger partial charge in [-0.1, -0.05) is 0 Å². The molecule has 78 valence electrons. The molecule has 3 heterocycles. The van der Waals surface area contributed by atoms with Crippen molar-refractivity contribution < 1.29 is 4.74 Å². The van der Waals surface area contributed by atoms with E-state index >= 15 is 0 Å². The molecule has 0 spiro atoms. The Morgan fingerprint density at radius 1 is 1.53 bits per heavy atom. The van der Waals surface area contributed by atoms with Gasteiger partial charge in [0.25, 0.3) is 0 Å². The van der Waals surface area contributed by atoms with Crippen molar-refractivity contribution in [2.45, 2.75) is 12.8 Å². The van der Waals surface area contributed by atoms with Crippen LogP contribution in [-0.2, 0) is 12.8 Å². The molecule has 1 aliphatic heterocycles. The van der Waals surface area contributed by atoms with Gasteiger partial charge in [0.15, 0.2) is 0 Å². The molecule has 0 radical (unpaired) electrons. The normalized spacial score (nSPS) is 14.2. The highest BCUT2D eigenvalue weighted by Crippen LogP contribution is 2.30. The smallest absolute Gasteiger partial charge is 0.126 e. The van der Waals surface area contributed by atoms with Crippen molar-refractivity contribution in [1.29, 1.82) is 0 Å². The van der Waals surface area contributed by atoms with Crippen LogP contribution in [-0.4, -0.2) is 22.8 Å². The lowest BCUT2D eigenvalue weighted by molar-refractivity contribution is 0.356. The van der Waals surface area contributed by atoms with E-state index in [9.17, 15) is 0 Å². The van der Waals surface area contributed by atoms with Gasteiger partial charge in [0.1, 0.15) is 5.75 Å². The van der Waals surface area contributed by atoms with Crippen LogP contribution < -0.4 is 10.5 Å². The summed E-state index contributed by atoms with van der Waals surface area (Å²) in [5.41, 5.74) is 9.28. The van der Waals surface area contributed by atoms with Crippen LogP contribution >= 0.6 is 0 Å². The number of fused-ring (bicyclic) bond motifs is 3. The Labute approximate surface area is 87.6 Å². The van der Waals surface area contributed by atoms with Crippen molar-refractivity contribution in [2.75, 3.05) is 13.2 Å². The topological polar surface area (TPSA) is 52.5 Å². The molecule has 4 nitrogen and oxygen atoms in total. The molecule has 0 saturated heterocycles. The third-order valence-corrected chi connectivity index (χ3v) is 2.84. The minimum absolute atomic E-state index is 0.659. The molecule has 15 heavy (non-hydrogen) atoms. The second-order valence-corrected chi connectivity index (χ2v) is 3.76. The monoisotopic (exact) mass is 203 g/mol. The summed E-state index contributed by atoms with van der Waals surface area (Å²) in [6.07, 6.45) is 5.70. The van der Waals surface area contributed by atoms with Crippen LogP contribution in [0.1, 0.15) is 11.1 Å². The van der Waals surface area contributed by atoms with E-state index in [0.717, 1.165) is 25.2 Å². The molecule has 0 fully saturated rings. The van der Waals surface area contributed by atoms with Crippen molar-refractivity contribution >= 4 is 5.52 Å². The third kappa shape index (κ3) is 1.22. The van der Waals surface area contributed by atoms with Crippen molar-refractivity contribution in [2.24, 2.45) is 5.73 Å². The van der Waals surface area contributed by atoms with Crippen molar-refractivity contribution in [3.05, 3.63) is 29.6 Å². The lowest BCUT2D eigenvalue weighted by Gasteiger charge is -2.02. The first kappa shape index (κ1) is 8.73. The number of ether oxygens (including phenoxy) is 1. The number of aromatic nitrogens is 2. The third-order valence-electron chi connectivity index (χ3n) is 2.84. The molecule has 2 N–H and O–H groups in total. The summed E-state index contributed by atoms with van der Waals surface area (Å²) < 4.78 is 7.45. The first-order valence-electron chi connectivity index (χ1n) is 5.21. The number of nitrogens with two attached hydrogens (primary N) is 1. The fourth-order valence-corrected chi connectivity index (χ4v) is 2.18. The highest BCUT2D eigenvalue weighted by atomic mass is 16.5. The van der Waals surface area contributed by atoms with Gasteiger partial charge in [-0.25, -0.2) is 4.52 Å². The second kappa shape index (κ2) is 3.24. The molecule has 0 aromatic carbocycles. The zero-order valence-electron chi connectivity index (χ0n) is 8.44. The van der Waals surface area contributed by atoms with Gasteiger partial charge in [-0.3, -0.25) is 0 Å². The van der Waals surface area contributed by atoms with E-state index in [4.69, 9.17) is 10.5 Å². The predicted molar refractivity (Wildman–Crippen MR) is 57.1 cm³/mol. The molecule has 2 aromatic heterocycles. The van der Waals surface area contributed by atoms with Crippen molar-refractivity contribution in [3.8, 4) is 5.75 Å². The Morgan fingerprint density at radius 3 is 3.33 bits per heavy atom. The van der Waals surface area contributed by atoms with Gasteiger partial charge in [-0.05, 0) is 24.6 Å². The van der Waals surface area contributed by atoms with Gasteiger partial charge in [0.2, 0.25) is 0 Å². The largest absolute Gasteiger partial charge is 0.493 e. The van der Waals surface area contributed by atoms with Crippen LogP contribution in [0.2, 0.25) is 0 Å². The predicted octanol–water partition coefficient (Wildman–Crippen LogP) is 0.770. The van der Waals surface area contributed by atoms with Gasteiger partial charge in [0.05, 0.1) is 18.3 Å². The summed E-state index contributed by atoms with van der Waals surface area (Å²) in [6.45, 7) is 1.44. The van der Waals surface area contributed by atoms with E-state index in [1.807, 2.05) is 23.0 Å². The molecule has 2 aromatic rings. The Bertz CT molecular complexity index is 504. The van der Waals surface area contributed by atoms with E-state index in [0.29, 0.717) is 6.54 Å². The molecule has 0 amide bonds. The average molecular weight is 203 g/mol. The SMILES string of the molecule is NCCc1cnn2ccc3c(c12)CCO3. The van der Waals surface area contributed by atoms with Crippen LogP contribution in [0.4, 0.5) is 0 Å². The molecule has 0 bridgehead atoms. The van der Waals surface area contributed by atoms with Crippen LogP contribution in [0.15, 0.2) is 18.5 Å². The highest BCUT2D eigenvalue weighted by Gasteiger charge is 2.18. The Kier molecular flexibility index (Phi) is 1.89. The van der Waals surface area contributed by atoms with Crippen LogP contribution in [0.3, 0.4) is 0 Å². The molecule has 0 saturated carbocycles. The van der Waals surface area contributed by atoms with Gasteiger partial charge in [-0.2, -0.15) is 5.10 Å². The summed E-state index contributed by atoms with van der Waals surface area (Å²) in [6, 6.07) is 1.98. The maximum Gasteiger partial charge on any atom is 0.126 e. The molecule has 0 unspecified atom stereocenters. The Hall–Kier alpha value is -1.55. The summed E-state index contributed by atoms with van der Waals surface area (Å²) >= 11 is 0. The summed E-state index contributed by atoms with van der Waals surface area (Å²) in [5, 5.41) is 4.32. The van der Waals surface area contributed by atoms with Gasteiger partial charge >= 0.3 is 0 Å². The molecular formula is C11H13N3O. The fraction of sp³-hybridized carbons (Fsp3) is 0.364. The summed E-state index contributed by atoms with van der Waals surface area (Å²) in [7, 11) is 0. The minimum atomic E-state index is 0.659. The molecule has 0 aliphatic carbocycles. The van der Waals surface area contributed by atoms with E-state index < -0.39 is 0 Å². The van der Waals surface area contributed by atoms with Crippen molar-refractivity contribution in [1.82, 2.24) is 9.61 Å². The first-order valence-corrected chi connectivity index (χ1v) is 5.21. The number of hydrogen-bond acceptors (Lipinski definition) is 3. The first-order chi connectivity index (χ1) is 7.40. The highest BCUT2D eigenvalue weighted by molar-refractivity contribution is 5.66. The zero-order chi connectivity index (χ0) is 10.3. The van der Waals surface area contributed by atoms with Gasteiger partial charge in [0, 0.05) is 18.2 Å². The molecule has 1 aliphatic rings. The van der Waals surface area contributed by atoms with E-state index in [-0.39, 0.29) is 0 Å². The van der Waals surface area contributed by atoms with E-state index in [2.05, 4.69) is 5.10 Å². The number of hydrogen-bond donors (Lipinski definition) is 1. The summed E-state index contributed by atoms with van der Waals surface area (Å²) in [4.78, 5) is 0. The Balaban J connectivity index is 2.26. The maximum absolute atomic E-state index is 5.59. The Morgan fingerprint density at radius 2 is 2.47 bits per heavy atom. The zero-order valence-corrected chi connectivity index (χ0v) is 8.44. The lowest BCUT2D eigenvalue weighted by atomic mass is 10.1. The number of pyridine rings is 1. The van der Waals surface area contributed by atoms with E-state index in [1.54, 1.807) is 0 Å². The van der Waals surface area contributed by atoms with Crippen LogP contribution in [0.5, 0.6) is 5.75 Å². The number of rotatable bonds is 2. The van der Waals surface area contributed by atoms with E-state index in [1.165, 1.54) is 16.6 Å². The molecular weight excluding hydrogens is 190 g/mol. The number of nitrogens with zero attached hydrogens (tertiary/aromatic N) is 2. The van der Waals surface area contributed by atoms with Gasteiger partial charge < -0.3 is 10.5 Å². The standard InChI is InChI=1S/C11H13N3O/c12-4-1-8-7-13-14-5-2-10-9(11(8)14)3-6-15-10/h2,5,7H,1,3-4,6,12H2. The maximum atomic E-state index is 5.59. The van der Waals surface area contributed by atoms with Crippen LogP contribution in [0, 0.1) is 0 Å². The van der Waals surface area contributed by atoms with Crippen LogP contribution in [0.25, 0.3) is 5.52 Å². The molecule has 4 heteroatoms. The lowest BCUT2D eigenvalue weighted by Crippen LogP contribution is -2.03. The quantitative estimate of drug-likeness (QED) is 0.784. The second-order valence-electron chi connectivity index (χ2n) is 3.76. The molecule has 0 atom stereocenters. The minimum Gasteiger partial charge on any atom is -0.493 e. The fourth-order valence-electron chi connectivity index (χ4n) is 2.18. The van der Waals surface area contributed by atoms with Gasteiger partial charge in [-0.15, -0.1) is 0 Å². The molecule has 3 rings (SSSR count). The summed E-state index contributed by atoms with van der Waals surface area (Å²) in [5.74, 6) is 1.00. The average Bonchev–Trinajstić information content (AvgIpc) is 2.83. The van der Waals surface area contributed by atoms with Crippen molar-refractivity contribution in [3.63, 3.8) is 0 Å².